The predicted molar refractivity (Wildman–Crippen MR) is 126 cm³/mol. The molecule has 0 radical (unpaired) electrons. The first-order valence-electron chi connectivity index (χ1n) is 11.3. The van der Waals surface area contributed by atoms with Crippen molar-refractivity contribution in [1.82, 2.24) is 24.1 Å². The van der Waals surface area contributed by atoms with Crippen molar-refractivity contribution in [2.75, 3.05) is 38.3 Å². The summed E-state index contributed by atoms with van der Waals surface area (Å²) in [7, 11) is 1.64. The maximum atomic E-state index is 13.8. The molecule has 0 spiro atoms. The Morgan fingerprint density at radius 3 is 2.58 bits per heavy atom. The largest absolute Gasteiger partial charge is 0.497 e. The average molecular weight is 449 g/mol. The van der Waals surface area contributed by atoms with Gasteiger partial charge in [0.15, 0.2) is 5.65 Å². The van der Waals surface area contributed by atoms with Gasteiger partial charge < -0.3 is 14.4 Å². The van der Waals surface area contributed by atoms with Crippen LogP contribution in [0.2, 0.25) is 0 Å². The highest BCUT2D eigenvalue weighted by atomic mass is 16.5. The molecule has 3 aromatic heterocycles. The third-order valence-electron chi connectivity index (χ3n) is 5.97. The molecule has 0 aliphatic carbocycles. The molecule has 0 N–H and O–H groups in total. The summed E-state index contributed by atoms with van der Waals surface area (Å²) in [6, 6.07) is 9.79. The Balaban J connectivity index is 1.70. The van der Waals surface area contributed by atoms with Gasteiger partial charge >= 0.3 is 5.69 Å². The third kappa shape index (κ3) is 4.04. The first-order chi connectivity index (χ1) is 16.0. The van der Waals surface area contributed by atoms with Crippen molar-refractivity contribution in [3.8, 4) is 5.75 Å². The van der Waals surface area contributed by atoms with Gasteiger partial charge in [-0.2, -0.15) is 0 Å². The molecule has 0 saturated carbocycles. The molecule has 1 fully saturated rings. The van der Waals surface area contributed by atoms with E-state index in [0.29, 0.717) is 49.1 Å². The number of anilines is 1. The van der Waals surface area contributed by atoms with E-state index in [1.807, 2.05) is 36.5 Å². The van der Waals surface area contributed by atoms with Crippen molar-refractivity contribution in [2.24, 2.45) is 5.92 Å². The van der Waals surface area contributed by atoms with Gasteiger partial charge in [0.2, 0.25) is 0 Å². The smallest absolute Gasteiger partial charge is 0.336 e. The van der Waals surface area contributed by atoms with Crippen LogP contribution in [0.1, 0.15) is 25.2 Å². The Morgan fingerprint density at radius 1 is 1.12 bits per heavy atom. The summed E-state index contributed by atoms with van der Waals surface area (Å²) in [5.41, 5.74) is 3.73. The third-order valence-corrected chi connectivity index (χ3v) is 5.97. The van der Waals surface area contributed by atoms with E-state index in [4.69, 9.17) is 14.5 Å². The molecule has 0 atom stereocenters. The Bertz CT molecular complexity index is 1340. The minimum absolute atomic E-state index is 0.158. The maximum absolute atomic E-state index is 13.8. The molecule has 33 heavy (non-hydrogen) atoms. The van der Waals surface area contributed by atoms with Crippen LogP contribution in [0, 0.1) is 5.92 Å². The molecular formula is C24H28N6O3. The maximum Gasteiger partial charge on any atom is 0.336 e. The number of pyridine rings is 1. The number of hydrogen-bond acceptors (Lipinski definition) is 7. The van der Waals surface area contributed by atoms with Crippen molar-refractivity contribution in [3.05, 3.63) is 58.4 Å². The van der Waals surface area contributed by atoms with Gasteiger partial charge in [-0.15, -0.1) is 10.2 Å². The Kier molecular flexibility index (Phi) is 5.72. The van der Waals surface area contributed by atoms with E-state index in [2.05, 4.69) is 28.9 Å². The van der Waals surface area contributed by atoms with Gasteiger partial charge in [-0.3, -0.25) is 4.57 Å². The number of benzene rings is 1. The summed E-state index contributed by atoms with van der Waals surface area (Å²) in [6.45, 7) is 7.55. The number of methoxy groups -OCH3 is 1. The number of aromatic nitrogens is 5. The minimum atomic E-state index is -0.158. The Labute approximate surface area is 191 Å². The second kappa shape index (κ2) is 8.82. The number of nitrogens with zero attached hydrogens (tertiary/aromatic N) is 6. The van der Waals surface area contributed by atoms with E-state index < -0.39 is 0 Å². The van der Waals surface area contributed by atoms with E-state index in [1.54, 1.807) is 16.1 Å². The number of morpholine rings is 1. The van der Waals surface area contributed by atoms with Gasteiger partial charge in [0.05, 0.1) is 44.3 Å². The van der Waals surface area contributed by atoms with Crippen molar-refractivity contribution in [1.29, 1.82) is 0 Å². The van der Waals surface area contributed by atoms with Gasteiger partial charge in [0, 0.05) is 19.5 Å². The molecule has 172 valence electrons. The zero-order chi connectivity index (χ0) is 22.9. The lowest BCUT2D eigenvalue weighted by molar-refractivity contribution is 0.122. The number of ether oxygens (including phenoxy) is 2. The van der Waals surface area contributed by atoms with Crippen LogP contribution >= 0.6 is 0 Å². The van der Waals surface area contributed by atoms with Gasteiger partial charge in [-0.1, -0.05) is 26.0 Å². The van der Waals surface area contributed by atoms with Crippen LogP contribution in [0.25, 0.3) is 16.7 Å². The summed E-state index contributed by atoms with van der Waals surface area (Å²) in [5, 5.41) is 8.71. The fraction of sp³-hybridized carbons (Fsp3) is 0.417. The molecule has 9 nitrogen and oxygen atoms in total. The molecule has 1 aliphatic heterocycles. The van der Waals surface area contributed by atoms with Crippen molar-refractivity contribution < 1.29 is 9.47 Å². The first kappa shape index (κ1) is 21.4. The van der Waals surface area contributed by atoms with Gasteiger partial charge in [-0.25, -0.2) is 14.2 Å². The van der Waals surface area contributed by atoms with Crippen molar-refractivity contribution >= 4 is 22.4 Å². The SMILES string of the molecule is COc1ccc(Cn2c(=O)n3c(CC(C)C)nnc3c3ncc(N4CCOCC4)cc32)cc1. The fourth-order valence-corrected chi connectivity index (χ4v) is 4.27. The molecule has 0 amide bonds. The summed E-state index contributed by atoms with van der Waals surface area (Å²) in [4.78, 5) is 20.8. The normalized spacial score (nSPS) is 14.5. The topological polar surface area (TPSA) is 86.8 Å². The highest BCUT2D eigenvalue weighted by Crippen LogP contribution is 2.24. The zero-order valence-electron chi connectivity index (χ0n) is 19.2. The summed E-state index contributed by atoms with van der Waals surface area (Å²) >= 11 is 0. The summed E-state index contributed by atoms with van der Waals surface area (Å²) in [5.74, 6) is 1.79. The standard InChI is InChI=1S/C24H28N6O3/c1-16(2)12-21-26-27-23-22-20(13-18(14-25-22)28-8-10-33-11-9-28)29(24(31)30(21)23)15-17-4-6-19(32-3)7-5-17/h4-7,13-14,16H,8-12,15H2,1-3H3. The van der Waals surface area contributed by atoms with E-state index >= 15 is 0 Å². The molecule has 1 saturated heterocycles. The summed E-state index contributed by atoms with van der Waals surface area (Å²) in [6.07, 6.45) is 2.52. The second-order valence-corrected chi connectivity index (χ2v) is 8.75. The molecule has 0 unspecified atom stereocenters. The van der Waals surface area contributed by atoms with Crippen LogP contribution in [0.5, 0.6) is 5.75 Å². The quantitative estimate of drug-likeness (QED) is 0.448. The molecule has 0 bridgehead atoms. The van der Waals surface area contributed by atoms with Crippen LogP contribution in [0.4, 0.5) is 5.69 Å². The molecule has 1 aliphatic rings. The molecule has 4 heterocycles. The molecule has 1 aromatic carbocycles. The minimum Gasteiger partial charge on any atom is -0.497 e. The van der Waals surface area contributed by atoms with Gasteiger partial charge in [0.1, 0.15) is 17.1 Å². The lowest BCUT2D eigenvalue weighted by Gasteiger charge is -2.28. The lowest BCUT2D eigenvalue weighted by Crippen LogP contribution is -2.36. The molecule has 9 heteroatoms. The average Bonchev–Trinajstić information content (AvgIpc) is 3.25. The Hall–Kier alpha value is -3.46. The zero-order valence-corrected chi connectivity index (χ0v) is 19.2. The van der Waals surface area contributed by atoms with Crippen LogP contribution < -0.4 is 15.3 Å². The van der Waals surface area contributed by atoms with Gasteiger partial charge in [0.25, 0.3) is 0 Å². The lowest BCUT2D eigenvalue weighted by atomic mass is 10.1. The monoisotopic (exact) mass is 448 g/mol. The second-order valence-electron chi connectivity index (χ2n) is 8.75. The molecule has 4 aromatic rings. The first-order valence-corrected chi connectivity index (χ1v) is 11.3. The summed E-state index contributed by atoms with van der Waals surface area (Å²) < 4.78 is 14.2. The number of hydrogen-bond donors (Lipinski definition) is 0. The van der Waals surface area contributed by atoms with Crippen LogP contribution in [-0.4, -0.2) is 57.6 Å². The van der Waals surface area contributed by atoms with Crippen molar-refractivity contribution in [2.45, 2.75) is 26.8 Å². The predicted octanol–water partition coefficient (Wildman–Crippen LogP) is 2.53. The van der Waals surface area contributed by atoms with Crippen LogP contribution in [0.15, 0.2) is 41.3 Å². The van der Waals surface area contributed by atoms with Crippen LogP contribution in [-0.2, 0) is 17.7 Å². The van der Waals surface area contributed by atoms with Crippen molar-refractivity contribution in [3.63, 3.8) is 0 Å². The van der Waals surface area contributed by atoms with E-state index in [0.717, 1.165) is 35.6 Å². The van der Waals surface area contributed by atoms with Crippen LogP contribution in [0.3, 0.4) is 0 Å². The van der Waals surface area contributed by atoms with E-state index in [-0.39, 0.29) is 5.69 Å². The Morgan fingerprint density at radius 2 is 1.88 bits per heavy atom. The highest BCUT2D eigenvalue weighted by Gasteiger charge is 2.20. The van der Waals surface area contributed by atoms with E-state index in [9.17, 15) is 4.79 Å². The number of fused-ring (bicyclic) bond motifs is 3. The molecule has 5 rings (SSSR count). The molecular weight excluding hydrogens is 420 g/mol. The van der Waals surface area contributed by atoms with E-state index in [1.165, 1.54) is 0 Å². The fourth-order valence-electron chi connectivity index (χ4n) is 4.27. The number of rotatable bonds is 6. The van der Waals surface area contributed by atoms with Gasteiger partial charge in [-0.05, 0) is 29.7 Å². The highest BCUT2D eigenvalue weighted by molar-refractivity contribution is 5.89.